The third-order valence-electron chi connectivity index (χ3n) is 2.13. The smallest absolute Gasteiger partial charge is 0.0941 e. The molecule has 2 heterocycles. The molecule has 0 aromatic carbocycles. The van der Waals surface area contributed by atoms with E-state index in [0.29, 0.717) is 13.2 Å². The van der Waals surface area contributed by atoms with Crippen molar-refractivity contribution < 1.29 is 9.84 Å². The van der Waals surface area contributed by atoms with Crippen LogP contribution in [0.5, 0.6) is 0 Å². The van der Waals surface area contributed by atoms with E-state index in [0.717, 1.165) is 15.2 Å². The zero-order valence-corrected chi connectivity index (χ0v) is 9.34. The van der Waals surface area contributed by atoms with Gasteiger partial charge in [-0.3, -0.25) is 0 Å². The molecule has 72 valence electrons. The molecule has 0 saturated carbocycles. The van der Waals surface area contributed by atoms with Gasteiger partial charge in [-0.25, -0.2) is 4.98 Å². The maximum Gasteiger partial charge on any atom is 0.0941 e. The van der Waals surface area contributed by atoms with E-state index in [9.17, 15) is 5.11 Å². The predicted octanol–water partition coefficient (Wildman–Crippen LogP) is 1.46. The first-order chi connectivity index (χ1) is 6.25. The maximum atomic E-state index is 9.50. The van der Waals surface area contributed by atoms with Crippen LogP contribution in [0.2, 0.25) is 0 Å². The molecule has 1 saturated heterocycles. The molecular weight excluding hydrogens is 254 g/mol. The zero-order valence-electron chi connectivity index (χ0n) is 6.94. The lowest BCUT2D eigenvalue weighted by Gasteiger charge is -2.08. The number of aliphatic hydroxyl groups is 1. The van der Waals surface area contributed by atoms with Crippen LogP contribution in [0.4, 0.5) is 0 Å². The van der Waals surface area contributed by atoms with Gasteiger partial charge in [-0.1, -0.05) is 0 Å². The van der Waals surface area contributed by atoms with E-state index >= 15 is 0 Å². The minimum atomic E-state index is -0.317. The summed E-state index contributed by atoms with van der Waals surface area (Å²) >= 11 is 4.97. The van der Waals surface area contributed by atoms with Crippen molar-refractivity contribution in [2.75, 3.05) is 13.2 Å². The summed E-state index contributed by atoms with van der Waals surface area (Å²) in [6.07, 6.45) is 2.29. The lowest BCUT2D eigenvalue weighted by Crippen LogP contribution is -2.19. The molecule has 2 rings (SSSR count). The van der Waals surface area contributed by atoms with Crippen LogP contribution in [0.15, 0.2) is 9.98 Å². The molecule has 2 atom stereocenters. The fourth-order valence-corrected chi connectivity index (χ4v) is 2.79. The Morgan fingerprint density at radius 3 is 3.08 bits per heavy atom. The number of nitrogens with zero attached hydrogens (tertiary/aromatic N) is 1. The lowest BCUT2D eigenvalue weighted by atomic mass is 10.0. The molecule has 0 aliphatic carbocycles. The minimum absolute atomic E-state index is 0.220. The molecule has 1 aliphatic rings. The number of hydrogen-bond donors (Lipinski definition) is 1. The van der Waals surface area contributed by atoms with Gasteiger partial charge in [-0.2, -0.15) is 0 Å². The van der Waals surface area contributed by atoms with Crippen molar-refractivity contribution in [2.45, 2.75) is 12.5 Å². The van der Waals surface area contributed by atoms with Gasteiger partial charge < -0.3 is 9.84 Å². The topological polar surface area (TPSA) is 42.4 Å². The summed E-state index contributed by atoms with van der Waals surface area (Å²) in [6, 6.07) is 0. The number of rotatable bonds is 2. The molecular formula is C8H10BrNO2S. The molecule has 3 nitrogen and oxygen atoms in total. The second-order valence-corrected chi connectivity index (χ2v) is 5.62. The van der Waals surface area contributed by atoms with Crippen LogP contribution in [0.3, 0.4) is 0 Å². The van der Waals surface area contributed by atoms with Crippen LogP contribution < -0.4 is 0 Å². The normalized spacial score (nSPS) is 28.2. The van der Waals surface area contributed by atoms with Crippen LogP contribution in [-0.4, -0.2) is 29.4 Å². The molecule has 1 aromatic rings. The molecule has 1 N–H and O–H groups in total. The first-order valence-electron chi connectivity index (χ1n) is 4.11. The Morgan fingerprint density at radius 2 is 2.54 bits per heavy atom. The Balaban J connectivity index is 1.97. The number of halogens is 1. The van der Waals surface area contributed by atoms with Gasteiger partial charge in [0.15, 0.2) is 0 Å². The van der Waals surface area contributed by atoms with Gasteiger partial charge in [-0.05, 0) is 15.9 Å². The summed E-state index contributed by atoms with van der Waals surface area (Å²) in [5.74, 6) is 0.220. The fraction of sp³-hybridized carbons (Fsp3) is 0.625. The Morgan fingerprint density at radius 1 is 1.69 bits per heavy atom. The van der Waals surface area contributed by atoms with Gasteiger partial charge in [0.25, 0.3) is 0 Å². The summed E-state index contributed by atoms with van der Waals surface area (Å²) in [7, 11) is 0. The van der Waals surface area contributed by atoms with Crippen LogP contribution >= 0.6 is 27.3 Å². The second-order valence-electron chi connectivity index (χ2n) is 3.13. The SMILES string of the molecule is OC1COCC1Cc1ncc(Br)s1. The number of hydrogen-bond acceptors (Lipinski definition) is 4. The van der Waals surface area contributed by atoms with Crippen molar-refractivity contribution in [1.29, 1.82) is 0 Å². The Hall–Kier alpha value is 0.0300. The van der Waals surface area contributed by atoms with Crippen molar-refractivity contribution in [3.05, 3.63) is 15.0 Å². The number of aromatic nitrogens is 1. The largest absolute Gasteiger partial charge is 0.390 e. The molecule has 0 spiro atoms. The van der Waals surface area contributed by atoms with Gasteiger partial charge in [0, 0.05) is 12.3 Å². The lowest BCUT2D eigenvalue weighted by molar-refractivity contribution is 0.118. The van der Waals surface area contributed by atoms with Crippen molar-refractivity contribution in [3.8, 4) is 0 Å². The molecule has 0 bridgehead atoms. The van der Waals surface area contributed by atoms with E-state index in [-0.39, 0.29) is 12.0 Å². The first kappa shape index (κ1) is 9.58. The third-order valence-corrected chi connectivity index (χ3v) is 3.63. The van der Waals surface area contributed by atoms with Gasteiger partial charge in [-0.15, -0.1) is 11.3 Å². The van der Waals surface area contributed by atoms with Crippen LogP contribution in [0.1, 0.15) is 5.01 Å². The van der Waals surface area contributed by atoms with E-state index in [1.165, 1.54) is 0 Å². The summed E-state index contributed by atoms with van der Waals surface area (Å²) in [5, 5.41) is 10.6. The molecule has 5 heteroatoms. The number of thiazole rings is 1. The van der Waals surface area contributed by atoms with E-state index in [4.69, 9.17) is 4.74 Å². The highest BCUT2D eigenvalue weighted by Gasteiger charge is 2.26. The maximum absolute atomic E-state index is 9.50. The second kappa shape index (κ2) is 4.04. The zero-order chi connectivity index (χ0) is 9.26. The fourth-order valence-electron chi connectivity index (χ4n) is 1.39. The molecule has 0 radical (unpaired) electrons. The predicted molar refractivity (Wildman–Crippen MR) is 53.8 cm³/mol. The Bertz CT molecular complexity index is 291. The summed E-state index contributed by atoms with van der Waals surface area (Å²) in [5.41, 5.74) is 0. The standard InChI is InChI=1S/C8H10BrNO2S/c9-7-2-10-8(13-7)1-5-3-12-4-6(5)11/h2,5-6,11H,1,3-4H2. The molecule has 13 heavy (non-hydrogen) atoms. The number of ether oxygens (including phenoxy) is 1. The highest BCUT2D eigenvalue weighted by molar-refractivity contribution is 9.11. The molecule has 2 unspecified atom stereocenters. The third kappa shape index (κ3) is 2.28. The average Bonchev–Trinajstić information content (AvgIpc) is 2.64. The van der Waals surface area contributed by atoms with Gasteiger partial charge in [0.2, 0.25) is 0 Å². The number of aliphatic hydroxyl groups excluding tert-OH is 1. The summed E-state index contributed by atoms with van der Waals surface area (Å²) in [6.45, 7) is 1.12. The molecule has 1 aliphatic heterocycles. The minimum Gasteiger partial charge on any atom is -0.390 e. The van der Waals surface area contributed by atoms with Crippen LogP contribution in [0, 0.1) is 5.92 Å². The van der Waals surface area contributed by atoms with E-state index in [1.807, 2.05) is 0 Å². The van der Waals surface area contributed by atoms with Gasteiger partial charge in [0.05, 0.1) is 34.3 Å². The van der Waals surface area contributed by atoms with Gasteiger partial charge >= 0.3 is 0 Å². The van der Waals surface area contributed by atoms with Crippen LogP contribution in [-0.2, 0) is 11.2 Å². The summed E-state index contributed by atoms with van der Waals surface area (Å²) < 4.78 is 6.20. The van der Waals surface area contributed by atoms with Crippen molar-refractivity contribution in [2.24, 2.45) is 5.92 Å². The summed E-state index contributed by atoms with van der Waals surface area (Å²) in [4.78, 5) is 4.22. The van der Waals surface area contributed by atoms with E-state index in [1.54, 1.807) is 17.5 Å². The quantitative estimate of drug-likeness (QED) is 0.879. The first-order valence-corrected chi connectivity index (χ1v) is 5.72. The highest BCUT2D eigenvalue weighted by Crippen LogP contribution is 2.24. The Labute approximate surface area is 88.9 Å². The monoisotopic (exact) mass is 263 g/mol. The average molecular weight is 264 g/mol. The Kier molecular flexibility index (Phi) is 2.98. The molecule has 1 aromatic heterocycles. The van der Waals surface area contributed by atoms with E-state index < -0.39 is 0 Å². The van der Waals surface area contributed by atoms with E-state index in [2.05, 4.69) is 20.9 Å². The van der Waals surface area contributed by atoms with Crippen LogP contribution in [0.25, 0.3) is 0 Å². The van der Waals surface area contributed by atoms with Crippen molar-refractivity contribution in [3.63, 3.8) is 0 Å². The van der Waals surface area contributed by atoms with Crippen molar-refractivity contribution in [1.82, 2.24) is 4.98 Å². The molecule has 1 fully saturated rings. The van der Waals surface area contributed by atoms with Crippen molar-refractivity contribution >= 4 is 27.3 Å². The molecule has 0 amide bonds. The highest BCUT2D eigenvalue weighted by atomic mass is 79.9. The van der Waals surface area contributed by atoms with Gasteiger partial charge in [0.1, 0.15) is 0 Å².